The number of hydrogen-bond acceptors (Lipinski definition) is 4. The van der Waals surface area contributed by atoms with Crippen molar-refractivity contribution in [3.63, 3.8) is 0 Å². The molecular weight excluding hydrogens is 318 g/mol. The van der Waals surface area contributed by atoms with Crippen LogP contribution in [0.3, 0.4) is 0 Å². The normalized spacial score (nSPS) is 20.0. The van der Waals surface area contributed by atoms with Crippen LogP contribution in [0.2, 0.25) is 0 Å². The Kier molecular flexibility index (Phi) is 7.41. The molecule has 0 unspecified atom stereocenters. The molecule has 140 valence electrons. The van der Waals surface area contributed by atoms with Crippen LogP contribution < -0.4 is 19.5 Å². The fourth-order valence-corrected chi connectivity index (χ4v) is 3.30. The third-order valence-corrected chi connectivity index (χ3v) is 4.60. The summed E-state index contributed by atoms with van der Waals surface area (Å²) in [6.45, 7) is 9.44. The SMILES string of the molecule is CCOc1cc(C(=O)N[C@H]2CCCC[C@@H]2C)cc(OCC)c1OCC. The molecule has 1 aliphatic rings. The van der Waals surface area contributed by atoms with E-state index in [1.807, 2.05) is 20.8 Å². The van der Waals surface area contributed by atoms with Crippen LogP contribution in [0.5, 0.6) is 17.2 Å². The molecule has 1 aromatic carbocycles. The molecule has 0 saturated heterocycles. The quantitative estimate of drug-likeness (QED) is 0.764. The number of nitrogens with one attached hydrogen (secondary N) is 1. The van der Waals surface area contributed by atoms with E-state index >= 15 is 0 Å². The number of benzene rings is 1. The number of amides is 1. The molecule has 0 spiro atoms. The van der Waals surface area contributed by atoms with Crippen molar-refractivity contribution >= 4 is 5.91 Å². The highest BCUT2D eigenvalue weighted by Gasteiger charge is 2.25. The second-order valence-electron chi connectivity index (χ2n) is 6.44. The fourth-order valence-electron chi connectivity index (χ4n) is 3.30. The Hall–Kier alpha value is -1.91. The Bertz CT molecular complexity index is 546. The van der Waals surface area contributed by atoms with Gasteiger partial charge in [0.1, 0.15) is 0 Å². The minimum absolute atomic E-state index is 0.0799. The molecule has 5 heteroatoms. The minimum atomic E-state index is -0.0799. The minimum Gasteiger partial charge on any atom is -0.490 e. The first kappa shape index (κ1) is 19.4. The average Bonchev–Trinajstić information content (AvgIpc) is 2.60. The maximum absolute atomic E-state index is 12.8. The van der Waals surface area contributed by atoms with Gasteiger partial charge in [0, 0.05) is 11.6 Å². The summed E-state index contributed by atoms with van der Waals surface area (Å²) in [5.74, 6) is 2.10. The summed E-state index contributed by atoms with van der Waals surface area (Å²) in [7, 11) is 0. The zero-order chi connectivity index (χ0) is 18.2. The predicted octanol–water partition coefficient (Wildman–Crippen LogP) is 4.19. The van der Waals surface area contributed by atoms with Gasteiger partial charge in [-0.1, -0.05) is 19.8 Å². The zero-order valence-electron chi connectivity index (χ0n) is 15.9. The summed E-state index contributed by atoms with van der Waals surface area (Å²) in [4.78, 5) is 12.8. The monoisotopic (exact) mass is 349 g/mol. The van der Waals surface area contributed by atoms with E-state index < -0.39 is 0 Å². The van der Waals surface area contributed by atoms with E-state index in [0.717, 1.165) is 6.42 Å². The molecule has 1 amide bonds. The summed E-state index contributed by atoms with van der Waals surface area (Å²) in [6.07, 6.45) is 4.63. The predicted molar refractivity (Wildman–Crippen MR) is 98.8 cm³/mol. The van der Waals surface area contributed by atoms with Gasteiger partial charge < -0.3 is 19.5 Å². The van der Waals surface area contributed by atoms with Crippen LogP contribution in [-0.4, -0.2) is 31.8 Å². The van der Waals surface area contributed by atoms with Crippen molar-refractivity contribution in [1.82, 2.24) is 5.32 Å². The van der Waals surface area contributed by atoms with Gasteiger partial charge in [0.15, 0.2) is 11.5 Å². The second kappa shape index (κ2) is 9.54. The molecule has 0 aliphatic heterocycles. The standard InChI is InChI=1S/C20H31NO4/c1-5-23-17-12-15(13-18(24-6-2)19(17)25-7-3)20(22)21-16-11-9-8-10-14(16)4/h12-14,16H,5-11H2,1-4H3,(H,21,22)/t14-,16-/m0/s1. The van der Waals surface area contributed by atoms with Gasteiger partial charge in [-0.25, -0.2) is 0 Å². The van der Waals surface area contributed by atoms with Gasteiger partial charge in [0.2, 0.25) is 5.75 Å². The van der Waals surface area contributed by atoms with E-state index in [-0.39, 0.29) is 11.9 Å². The van der Waals surface area contributed by atoms with Crippen LogP contribution in [0, 0.1) is 5.92 Å². The van der Waals surface area contributed by atoms with E-state index in [1.165, 1.54) is 19.3 Å². The van der Waals surface area contributed by atoms with Crippen molar-refractivity contribution in [2.24, 2.45) is 5.92 Å². The maximum Gasteiger partial charge on any atom is 0.251 e. The fraction of sp³-hybridized carbons (Fsp3) is 0.650. The van der Waals surface area contributed by atoms with Crippen LogP contribution in [-0.2, 0) is 0 Å². The Balaban J connectivity index is 2.27. The van der Waals surface area contributed by atoms with Crippen molar-refractivity contribution in [2.75, 3.05) is 19.8 Å². The van der Waals surface area contributed by atoms with Crippen molar-refractivity contribution in [2.45, 2.75) is 59.4 Å². The van der Waals surface area contributed by atoms with Gasteiger partial charge in [-0.15, -0.1) is 0 Å². The van der Waals surface area contributed by atoms with E-state index in [2.05, 4.69) is 12.2 Å². The van der Waals surface area contributed by atoms with Crippen LogP contribution in [0.1, 0.15) is 63.7 Å². The highest BCUT2D eigenvalue weighted by Crippen LogP contribution is 2.39. The summed E-state index contributed by atoms with van der Waals surface area (Å²) in [5, 5.41) is 3.18. The molecule has 0 aromatic heterocycles. The van der Waals surface area contributed by atoms with Crippen molar-refractivity contribution in [3.8, 4) is 17.2 Å². The average molecular weight is 349 g/mol. The third kappa shape index (κ3) is 5.03. The third-order valence-electron chi connectivity index (χ3n) is 4.60. The van der Waals surface area contributed by atoms with Gasteiger partial charge in [0.25, 0.3) is 5.91 Å². The first-order valence-electron chi connectivity index (χ1n) is 9.47. The number of carbonyl (C=O) groups excluding carboxylic acids is 1. The lowest BCUT2D eigenvalue weighted by Crippen LogP contribution is -2.41. The number of carbonyl (C=O) groups is 1. The van der Waals surface area contributed by atoms with Crippen LogP contribution in [0.15, 0.2) is 12.1 Å². The van der Waals surface area contributed by atoms with Crippen molar-refractivity contribution in [3.05, 3.63) is 17.7 Å². The molecule has 1 N–H and O–H groups in total. The smallest absolute Gasteiger partial charge is 0.251 e. The van der Waals surface area contributed by atoms with E-state index in [1.54, 1.807) is 12.1 Å². The van der Waals surface area contributed by atoms with E-state index in [4.69, 9.17) is 14.2 Å². The van der Waals surface area contributed by atoms with Crippen molar-refractivity contribution < 1.29 is 19.0 Å². The van der Waals surface area contributed by atoms with Crippen LogP contribution in [0.4, 0.5) is 0 Å². The molecule has 1 aliphatic carbocycles. The molecule has 1 fully saturated rings. The van der Waals surface area contributed by atoms with Gasteiger partial charge in [-0.3, -0.25) is 4.79 Å². The Morgan fingerprint density at radius 3 is 2.08 bits per heavy atom. The Morgan fingerprint density at radius 1 is 1.00 bits per heavy atom. The van der Waals surface area contributed by atoms with Crippen LogP contribution >= 0.6 is 0 Å². The lowest BCUT2D eigenvalue weighted by molar-refractivity contribution is 0.0909. The molecule has 1 saturated carbocycles. The first-order chi connectivity index (χ1) is 12.1. The molecule has 5 nitrogen and oxygen atoms in total. The first-order valence-corrected chi connectivity index (χ1v) is 9.47. The second-order valence-corrected chi connectivity index (χ2v) is 6.44. The topological polar surface area (TPSA) is 56.8 Å². The lowest BCUT2D eigenvalue weighted by atomic mass is 9.86. The molecule has 2 atom stereocenters. The largest absolute Gasteiger partial charge is 0.490 e. The Morgan fingerprint density at radius 2 is 1.56 bits per heavy atom. The van der Waals surface area contributed by atoms with E-state index in [0.29, 0.717) is 48.6 Å². The summed E-state index contributed by atoms with van der Waals surface area (Å²) in [5.41, 5.74) is 0.549. The lowest BCUT2D eigenvalue weighted by Gasteiger charge is -2.29. The van der Waals surface area contributed by atoms with Gasteiger partial charge in [0.05, 0.1) is 19.8 Å². The molecule has 2 rings (SSSR count). The molecule has 25 heavy (non-hydrogen) atoms. The number of rotatable bonds is 8. The molecule has 1 aromatic rings. The van der Waals surface area contributed by atoms with Gasteiger partial charge >= 0.3 is 0 Å². The Labute approximate surface area is 151 Å². The molecule has 0 bridgehead atoms. The molecular formula is C20H31NO4. The van der Waals surface area contributed by atoms with Crippen LogP contribution in [0.25, 0.3) is 0 Å². The molecule has 0 radical (unpaired) electrons. The number of hydrogen-bond donors (Lipinski definition) is 1. The summed E-state index contributed by atoms with van der Waals surface area (Å²) < 4.78 is 17.1. The highest BCUT2D eigenvalue weighted by molar-refractivity contribution is 5.95. The van der Waals surface area contributed by atoms with Gasteiger partial charge in [-0.2, -0.15) is 0 Å². The molecule has 0 heterocycles. The van der Waals surface area contributed by atoms with Gasteiger partial charge in [-0.05, 0) is 51.7 Å². The van der Waals surface area contributed by atoms with Crippen molar-refractivity contribution in [1.29, 1.82) is 0 Å². The number of ether oxygens (including phenoxy) is 3. The highest BCUT2D eigenvalue weighted by atomic mass is 16.5. The van der Waals surface area contributed by atoms with E-state index in [9.17, 15) is 4.79 Å². The maximum atomic E-state index is 12.8. The summed E-state index contributed by atoms with van der Waals surface area (Å²) in [6, 6.07) is 3.73. The zero-order valence-corrected chi connectivity index (χ0v) is 15.9. The summed E-state index contributed by atoms with van der Waals surface area (Å²) >= 11 is 0.